The summed E-state index contributed by atoms with van der Waals surface area (Å²) in [6, 6.07) is 15.8. The van der Waals surface area contributed by atoms with Crippen LogP contribution in [0.4, 0.5) is 0 Å². The molecule has 6 heteroatoms. The molecule has 0 atom stereocenters. The van der Waals surface area contributed by atoms with Crippen LogP contribution in [-0.2, 0) is 13.0 Å². The Morgan fingerprint density at radius 3 is 2.13 bits per heavy atom. The summed E-state index contributed by atoms with van der Waals surface area (Å²) in [7, 11) is 1.67. The van der Waals surface area contributed by atoms with Gasteiger partial charge in [0.15, 0.2) is 5.96 Å². The molecule has 0 aromatic heterocycles. The van der Waals surface area contributed by atoms with Crippen LogP contribution in [0.2, 0.25) is 0 Å². The number of hydrogen-bond acceptors (Lipinski definition) is 3. The predicted molar refractivity (Wildman–Crippen MR) is 123 cm³/mol. The number of nitrogens with one attached hydrogen (secondary N) is 2. The largest absolute Gasteiger partial charge is 0.497 e. The summed E-state index contributed by atoms with van der Waals surface area (Å²) in [6.07, 6.45) is 0.899. The second-order valence-electron chi connectivity index (χ2n) is 6.89. The summed E-state index contributed by atoms with van der Waals surface area (Å²) < 4.78 is 5.20. The molecule has 1 amide bonds. The van der Waals surface area contributed by atoms with Gasteiger partial charge in [-0.2, -0.15) is 0 Å². The highest BCUT2D eigenvalue weighted by Gasteiger charge is 2.11. The number of aliphatic imine (C=N–C) groups is 1. The number of nitrogens with zero attached hydrogens (tertiary/aromatic N) is 2. The minimum absolute atomic E-state index is 0.0728. The molecule has 0 radical (unpaired) electrons. The third-order valence-corrected chi connectivity index (χ3v) is 4.88. The highest BCUT2D eigenvalue weighted by molar-refractivity contribution is 5.94. The number of carbonyl (C=O) groups excluding carboxylic acids is 1. The molecular formula is C24H34N4O2. The van der Waals surface area contributed by atoms with Gasteiger partial charge in [0.25, 0.3) is 5.91 Å². The summed E-state index contributed by atoms with van der Waals surface area (Å²) in [5.74, 6) is 1.73. The second-order valence-corrected chi connectivity index (χ2v) is 6.89. The van der Waals surface area contributed by atoms with E-state index in [2.05, 4.69) is 27.8 Å². The Bertz CT molecular complexity index is 797. The van der Waals surface area contributed by atoms with Crippen molar-refractivity contribution in [2.75, 3.05) is 33.3 Å². The zero-order valence-corrected chi connectivity index (χ0v) is 18.6. The van der Waals surface area contributed by atoms with E-state index in [1.165, 1.54) is 5.56 Å². The SMILES string of the molecule is CCNC(=NCc1ccc(C(=O)N(CC)CC)cc1)NCCc1ccc(OC)cc1. The maximum atomic E-state index is 12.4. The Hall–Kier alpha value is -3.02. The fourth-order valence-electron chi connectivity index (χ4n) is 3.08. The first-order valence-corrected chi connectivity index (χ1v) is 10.6. The topological polar surface area (TPSA) is 66.0 Å². The number of benzene rings is 2. The quantitative estimate of drug-likeness (QED) is 0.465. The molecule has 0 spiro atoms. The van der Waals surface area contributed by atoms with Crippen LogP contribution in [0.15, 0.2) is 53.5 Å². The molecule has 2 aromatic carbocycles. The van der Waals surface area contributed by atoms with Crippen molar-refractivity contribution in [2.45, 2.75) is 33.7 Å². The second kappa shape index (κ2) is 12.5. The van der Waals surface area contributed by atoms with E-state index in [0.717, 1.165) is 55.4 Å². The van der Waals surface area contributed by atoms with Crippen LogP contribution >= 0.6 is 0 Å². The number of carbonyl (C=O) groups is 1. The van der Waals surface area contributed by atoms with E-state index in [1.54, 1.807) is 7.11 Å². The first-order chi connectivity index (χ1) is 14.6. The Labute approximate surface area is 180 Å². The van der Waals surface area contributed by atoms with Gasteiger partial charge in [-0.1, -0.05) is 24.3 Å². The van der Waals surface area contributed by atoms with Crippen molar-refractivity contribution in [2.24, 2.45) is 4.99 Å². The molecule has 2 aromatic rings. The van der Waals surface area contributed by atoms with Gasteiger partial charge in [0.1, 0.15) is 5.75 Å². The van der Waals surface area contributed by atoms with E-state index in [-0.39, 0.29) is 5.91 Å². The number of methoxy groups -OCH3 is 1. The molecule has 0 fully saturated rings. The van der Waals surface area contributed by atoms with E-state index in [4.69, 9.17) is 4.74 Å². The lowest BCUT2D eigenvalue weighted by Crippen LogP contribution is -2.38. The summed E-state index contributed by atoms with van der Waals surface area (Å²) >= 11 is 0. The zero-order valence-electron chi connectivity index (χ0n) is 18.6. The smallest absolute Gasteiger partial charge is 0.253 e. The minimum Gasteiger partial charge on any atom is -0.497 e. The molecule has 2 N–H and O–H groups in total. The molecule has 0 saturated carbocycles. The van der Waals surface area contributed by atoms with Crippen LogP contribution in [-0.4, -0.2) is 50.1 Å². The number of amides is 1. The molecule has 0 saturated heterocycles. The first-order valence-electron chi connectivity index (χ1n) is 10.6. The maximum absolute atomic E-state index is 12.4. The Morgan fingerprint density at radius 2 is 1.57 bits per heavy atom. The van der Waals surface area contributed by atoms with Crippen LogP contribution in [0.25, 0.3) is 0 Å². The standard InChI is InChI=1S/C24H34N4O2/c1-5-25-24(26-17-16-19-10-14-22(30-4)15-11-19)27-18-20-8-12-21(13-9-20)23(29)28(6-2)7-3/h8-15H,5-7,16-18H2,1-4H3,(H2,25,26,27). The van der Waals surface area contributed by atoms with E-state index in [0.29, 0.717) is 6.54 Å². The normalized spacial score (nSPS) is 11.1. The van der Waals surface area contributed by atoms with Crippen LogP contribution in [0, 0.1) is 0 Å². The van der Waals surface area contributed by atoms with Crippen molar-refractivity contribution in [3.05, 3.63) is 65.2 Å². The van der Waals surface area contributed by atoms with Gasteiger partial charge in [-0.15, -0.1) is 0 Å². The number of ether oxygens (including phenoxy) is 1. The highest BCUT2D eigenvalue weighted by atomic mass is 16.5. The van der Waals surface area contributed by atoms with Gasteiger partial charge in [0.2, 0.25) is 0 Å². The molecule has 0 aliphatic heterocycles. The molecule has 0 heterocycles. The molecule has 0 unspecified atom stereocenters. The van der Waals surface area contributed by atoms with Crippen molar-refractivity contribution < 1.29 is 9.53 Å². The predicted octanol–water partition coefficient (Wildman–Crippen LogP) is 3.48. The summed E-state index contributed by atoms with van der Waals surface area (Å²) in [5, 5.41) is 6.65. The third-order valence-electron chi connectivity index (χ3n) is 4.88. The lowest BCUT2D eigenvalue weighted by Gasteiger charge is -2.18. The van der Waals surface area contributed by atoms with Crippen LogP contribution in [0.1, 0.15) is 42.3 Å². The fraction of sp³-hybridized carbons (Fsp3) is 0.417. The molecule has 6 nitrogen and oxygen atoms in total. The average molecular weight is 411 g/mol. The molecule has 0 aliphatic carbocycles. The first kappa shape index (κ1) is 23.3. The Morgan fingerprint density at radius 1 is 0.933 bits per heavy atom. The van der Waals surface area contributed by atoms with Gasteiger partial charge in [0, 0.05) is 31.7 Å². The van der Waals surface area contributed by atoms with Crippen LogP contribution < -0.4 is 15.4 Å². The summed E-state index contributed by atoms with van der Waals surface area (Å²) in [5.41, 5.74) is 3.03. The summed E-state index contributed by atoms with van der Waals surface area (Å²) in [4.78, 5) is 18.9. The number of hydrogen-bond donors (Lipinski definition) is 2. The lowest BCUT2D eigenvalue weighted by molar-refractivity contribution is 0.0773. The monoisotopic (exact) mass is 410 g/mol. The molecular weight excluding hydrogens is 376 g/mol. The van der Waals surface area contributed by atoms with Crippen molar-refractivity contribution in [1.82, 2.24) is 15.5 Å². The lowest BCUT2D eigenvalue weighted by atomic mass is 10.1. The minimum atomic E-state index is 0.0728. The molecule has 0 bridgehead atoms. The van der Waals surface area contributed by atoms with Crippen LogP contribution in [0.3, 0.4) is 0 Å². The van der Waals surface area contributed by atoms with Gasteiger partial charge in [-0.05, 0) is 62.6 Å². The number of rotatable bonds is 10. The highest BCUT2D eigenvalue weighted by Crippen LogP contribution is 2.11. The third kappa shape index (κ3) is 7.10. The van der Waals surface area contributed by atoms with Crippen LogP contribution in [0.5, 0.6) is 5.75 Å². The van der Waals surface area contributed by atoms with Crippen molar-refractivity contribution in [3.63, 3.8) is 0 Å². The van der Waals surface area contributed by atoms with Gasteiger partial charge < -0.3 is 20.3 Å². The van der Waals surface area contributed by atoms with Gasteiger partial charge in [-0.3, -0.25) is 4.79 Å². The zero-order chi connectivity index (χ0) is 21.8. The van der Waals surface area contributed by atoms with Crippen molar-refractivity contribution >= 4 is 11.9 Å². The molecule has 162 valence electrons. The van der Waals surface area contributed by atoms with E-state index >= 15 is 0 Å². The molecule has 0 aliphatic rings. The van der Waals surface area contributed by atoms with Gasteiger partial charge in [0.05, 0.1) is 13.7 Å². The van der Waals surface area contributed by atoms with Crippen molar-refractivity contribution in [1.29, 1.82) is 0 Å². The average Bonchev–Trinajstić information content (AvgIpc) is 2.79. The van der Waals surface area contributed by atoms with Gasteiger partial charge in [-0.25, -0.2) is 4.99 Å². The Kier molecular flexibility index (Phi) is 9.71. The van der Waals surface area contributed by atoms with E-state index in [1.807, 2.05) is 62.1 Å². The van der Waals surface area contributed by atoms with E-state index in [9.17, 15) is 4.79 Å². The van der Waals surface area contributed by atoms with Crippen molar-refractivity contribution in [3.8, 4) is 5.75 Å². The van der Waals surface area contributed by atoms with Gasteiger partial charge >= 0.3 is 0 Å². The maximum Gasteiger partial charge on any atom is 0.253 e. The van der Waals surface area contributed by atoms with E-state index < -0.39 is 0 Å². The summed E-state index contributed by atoms with van der Waals surface area (Å²) in [6.45, 7) is 9.61. The molecule has 30 heavy (non-hydrogen) atoms. The number of guanidine groups is 1. The fourth-order valence-corrected chi connectivity index (χ4v) is 3.08. The Balaban J connectivity index is 1.90. The molecule has 2 rings (SSSR count).